The molecular formula is C30H47N9O12. The van der Waals surface area contributed by atoms with E-state index in [1.54, 1.807) is 20.8 Å². The summed E-state index contributed by atoms with van der Waals surface area (Å²) < 4.78 is 0. The number of aliphatic carboxylic acids is 2. The Morgan fingerprint density at radius 1 is 0.765 bits per heavy atom. The monoisotopic (exact) mass is 725 g/mol. The number of carbonyl (C=O) groups is 7. The molecule has 5 amide bonds. The van der Waals surface area contributed by atoms with Crippen molar-refractivity contribution in [1.29, 1.82) is 0 Å². The van der Waals surface area contributed by atoms with Gasteiger partial charge in [0.25, 0.3) is 0 Å². The van der Waals surface area contributed by atoms with E-state index < -0.39 is 114 Å². The fraction of sp³-hybridized carbons (Fsp3) is 0.533. The number of nitrogens with zero attached hydrogens (tertiary/aromatic N) is 1. The predicted molar refractivity (Wildman–Crippen MR) is 178 cm³/mol. The number of aromatic hydroxyl groups is 2. The third-order valence-corrected chi connectivity index (χ3v) is 7.25. The van der Waals surface area contributed by atoms with Gasteiger partial charge in [0.2, 0.25) is 29.5 Å². The van der Waals surface area contributed by atoms with Crippen molar-refractivity contribution in [3.63, 3.8) is 0 Å². The molecule has 0 saturated carbocycles. The highest BCUT2D eigenvalue weighted by Gasteiger charge is 2.38. The Balaban J connectivity index is 3.42. The van der Waals surface area contributed by atoms with Crippen molar-refractivity contribution in [3.8, 4) is 11.5 Å². The number of primary amides is 1. The van der Waals surface area contributed by atoms with E-state index in [-0.39, 0.29) is 24.1 Å². The number of nitrogens with two attached hydrogens (primary N) is 4. The lowest BCUT2D eigenvalue weighted by Crippen LogP contribution is -2.61. The van der Waals surface area contributed by atoms with Gasteiger partial charge in [-0.25, -0.2) is 9.79 Å². The number of carboxylic acid groups (broad SMARTS) is 2. The van der Waals surface area contributed by atoms with E-state index in [0.29, 0.717) is 12.8 Å². The van der Waals surface area contributed by atoms with Gasteiger partial charge in [0.1, 0.15) is 35.7 Å². The van der Waals surface area contributed by atoms with Gasteiger partial charge in [0.05, 0.1) is 25.0 Å². The molecule has 0 heterocycles. The van der Waals surface area contributed by atoms with Crippen molar-refractivity contribution in [3.05, 3.63) is 23.3 Å². The van der Waals surface area contributed by atoms with E-state index in [0.717, 1.165) is 12.1 Å². The van der Waals surface area contributed by atoms with Crippen LogP contribution in [0.2, 0.25) is 0 Å². The molecule has 21 heteroatoms. The minimum atomic E-state index is -1.82. The highest BCUT2D eigenvalue weighted by atomic mass is 16.4. The number of carboxylic acids is 2. The predicted octanol–water partition coefficient (Wildman–Crippen LogP) is -3.55. The number of benzene rings is 1. The van der Waals surface area contributed by atoms with Gasteiger partial charge in [-0.15, -0.1) is 0 Å². The lowest BCUT2D eigenvalue weighted by Gasteiger charge is -2.33. The fourth-order valence-corrected chi connectivity index (χ4v) is 4.66. The van der Waals surface area contributed by atoms with Crippen molar-refractivity contribution in [2.24, 2.45) is 33.3 Å². The number of rotatable bonds is 20. The van der Waals surface area contributed by atoms with E-state index in [2.05, 4.69) is 26.3 Å². The number of aliphatic imine (C=N–C) groups is 1. The summed E-state index contributed by atoms with van der Waals surface area (Å²) in [5.41, 5.74) is 20.3. The standard InChI is InChI=1S/C30H47N9O12/c1-30(2,3)23(27(49)35-15(6-4-5-7-31)24(46)37-17(28(50)51)11-21(44)45)39-25(47)16(10-20(32)43)36-26(48)22(38-29(33)34)13-8-18(41)14(12-40)19(42)9-13/h8-9,15-17,22-23,40-42H,4-7,10-12,31H2,1-3H3,(H2,32,43)(H,35,49)(H,36,48)(H,37,46)(H,39,47)(H,44,45)(H,50,51)(H4,33,34,38)/t15-,16-,17-,22+,23+/m0/s1. The molecule has 0 aliphatic heterocycles. The lowest BCUT2D eigenvalue weighted by atomic mass is 9.85. The summed E-state index contributed by atoms with van der Waals surface area (Å²) in [5, 5.41) is 57.4. The summed E-state index contributed by atoms with van der Waals surface area (Å²) in [6, 6.07) is -6.19. The molecular weight excluding hydrogens is 678 g/mol. The van der Waals surface area contributed by atoms with Crippen LogP contribution in [0.3, 0.4) is 0 Å². The first-order valence-corrected chi connectivity index (χ1v) is 15.5. The second-order valence-electron chi connectivity index (χ2n) is 12.5. The van der Waals surface area contributed by atoms with Gasteiger partial charge in [-0.3, -0.25) is 28.8 Å². The number of carbonyl (C=O) groups excluding carboxylic acids is 5. The quantitative estimate of drug-likeness (QED) is 0.0352. The molecule has 0 bridgehead atoms. The van der Waals surface area contributed by atoms with E-state index in [9.17, 15) is 54.0 Å². The number of aliphatic hydroxyl groups is 1. The van der Waals surface area contributed by atoms with Gasteiger partial charge in [0, 0.05) is 0 Å². The summed E-state index contributed by atoms with van der Waals surface area (Å²) in [4.78, 5) is 92.1. The Bertz CT molecular complexity index is 1470. The van der Waals surface area contributed by atoms with E-state index in [4.69, 9.17) is 28.0 Å². The Kier molecular flexibility index (Phi) is 16.5. The Labute approximate surface area is 292 Å². The summed E-state index contributed by atoms with van der Waals surface area (Å²) >= 11 is 0. The zero-order chi connectivity index (χ0) is 39.2. The third kappa shape index (κ3) is 14.0. The normalized spacial score (nSPS) is 14.1. The van der Waals surface area contributed by atoms with Crippen LogP contribution in [0.15, 0.2) is 17.1 Å². The van der Waals surface area contributed by atoms with Crippen molar-refractivity contribution < 1.29 is 59.1 Å². The second kappa shape index (κ2) is 19.5. The number of phenols is 2. The highest BCUT2D eigenvalue weighted by molar-refractivity contribution is 5.98. The first-order chi connectivity index (χ1) is 23.6. The topological polar surface area (TPSA) is 385 Å². The maximum absolute atomic E-state index is 13.6. The molecule has 0 spiro atoms. The van der Waals surface area contributed by atoms with Gasteiger partial charge < -0.3 is 69.7 Å². The minimum Gasteiger partial charge on any atom is -0.507 e. The molecule has 0 aromatic heterocycles. The summed E-state index contributed by atoms with van der Waals surface area (Å²) in [5.74, 6) is -10.2. The summed E-state index contributed by atoms with van der Waals surface area (Å²) in [6.07, 6.45) is -1.08. The maximum atomic E-state index is 13.6. The largest absolute Gasteiger partial charge is 0.507 e. The number of hydrogen-bond donors (Lipinski definition) is 13. The van der Waals surface area contributed by atoms with Crippen molar-refractivity contribution in [2.75, 3.05) is 6.54 Å². The smallest absolute Gasteiger partial charge is 0.326 e. The molecule has 0 aliphatic carbocycles. The first kappa shape index (κ1) is 43.3. The maximum Gasteiger partial charge on any atom is 0.326 e. The van der Waals surface area contributed by atoms with Crippen LogP contribution in [0.5, 0.6) is 11.5 Å². The molecule has 0 saturated heterocycles. The summed E-state index contributed by atoms with van der Waals surface area (Å²) in [7, 11) is 0. The number of unbranched alkanes of at least 4 members (excludes halogenated alkanes) is 1. The van der Waals surface area contributed by atoms with Crippen molar-refractivity contribution in [1.82, 2.24) is 21.3 Å². The summed E-state index contributed by atoms with van der Waals surface area (Å²) in [6.45, 7) is 4.10. The molecule has 284 valence electrons. The molecule has 0 unspecified atom stereocenters. The van der Waals surface area contributed by atoms with Crippen LogP contribution >= 0.6 is 0 Å². The number of hydrogen-bond acceptors (Lipinski definition) is 12. The van der Waals surface area contributed by atoms with E-state index in [1.807, 2.05) is 0 Å². The molecule has 21 nitrogen and oxygen atoms in total. The molecule has 1 aromatic carbocycles. The van der Waals surface area contributed by atoms with Crippen molar-refractivity contribution >= 4 is 47.4 Å². The molecule has 0 fully saturated rings. The zero-order valence-corrected chi connectivity index (χ0v) is 28.3. The van der Waals surface area contributed by atoms with Gasteiger partial charge in [0.15, 0.2) is 12.0 Å². The molecule has 5 atom stereocenters. The Morgan fingerprint density at radius 3 is 1.75 bits per heavy atom. The van der Waals surface area contributed by atoms with Gasteiger partial charge >= 0.3 is 11.9 Å². The molecule has 0 radical (unpaired) electrons. The average molecular weight is 726 g/mol. The molecule has 17 N–H and O–H groups in total. The molecule has 51 heavy (non-hydrogen) atoms. The van der Waals surface area contributed by atoms with Gasteiger partial charge in [-0.1, -0.05) is 20.8 Å². The molecule has 1 rings (SSSR count). The number of aliphatic hydroxyl groups excluding tert-OH is 1. The zero-order valence-electron chi connectivity index (χ0n) is 28.3. The van der Waals surface area contributed by atoms with E-state index in [1.165, 1.54) is 0 Å². The van der Waals surface area contributed by atoms with Crippen LogP contribution in [0.25, 0.3) is 0 Å². The number of amides is 5. The average Bonchev–Trinajstić information content (AvgIpc) is 2.99. The Hall–Kier alpha value is -5.70. The van der Waals surface area contributed by atoms with Crippen LogP contribution < -0.4 is 44.2 Å². The fourth-order valence-electron chi connectivity index (χ4n) is 4.66. The van der Waals surface area contributed by atoms with Crippen molar-refractivity contribution in [2.45, 2.75) is 89.7 Å². The van der Waals surface area contributed by atoms with Crippen LogP contribution in [0.1, 0.15) is 70.0 Å². The number of guanidine groups is 1. The van der Waals surface area contributed by atoms with Crippen LogP contribution in [0, 0.1) is 5.41 Å². The van der Waals surface area contributed by atoms with Gasteiger partial charge in [-0.2, -0.15) is 0 Å². The SMILES string of the molecule is CC(C)(C)[C@H](NC(=O)[C@H](CC(N)=O)NC(=O)[C@H](N=C(N)N)c1cc(O)c(CO)c(O)c1)C(=O)N[C@@H](CCCCN)C(=O)N[C@@H](CC(=O)O)C(=O)O. The Morgan fingerprint density at radius 2 is 1.29 bits per heavy atom. The first-order valence-electron chi connectivity index (χ1n) is 15.5. The van der Waals surface area contributed by atoms with Crippen LogP contribution in [0.4, 0.5) is 0 Å². The third-order valence-electron chi connectivity index (χ3n) is 7.25. The highest BCUT2D eigenvalue weighted by Crippen LogP contribution is 2.33. The van der Waals surface area contributed by atoms with Gasteiger partial charge in [-0.05, 0) is 48.9 Å². The van der Waals surface area contributed by atoms with E-state index >= 15 is 0 Å². The second-order valence-corrected chi connectivity index (χ2v) is 12.5. The van der Waals surface area contributed by atoms with Crippen LogP contribution in [-0.2, 0) is 40.2 Å². The number of nitrogens with one attached hydrogen (secondary N) is 4. The lowest BCUT2D eigenvalue weighted by molar-refractivity contribution is -0.147. The minimum absolute atomic E-state index is 0.0457. The molecule has 1 aromatic rings. The molecule has 0 aliphatic rings. The van der Waals surface area contributed by atoms with Crippen LogP contribution in [-0.4, -0.2) is 104 Å².